The fourth-order valence-electron chi connectivity index (χ4n) is 0.943. The van der Waals surface area contributed by atoms with Crippen molar-refractivity contribution in [2.75, 3.05) is 6.54 Å². The van der Waals surface area contributed by atoms with E-state index in [2.05, 4.69) is 11.9 Å². The van der Waals surface area contributed by atoms with Crippen LogP contribution in [0.15, 0.2) is 12.7 Å². The molecule has 2 N–H and O–H groups in total. The molecule has 0 saturated carbocycles. The summed E-state index contributed by atoms with van der Waals surface area (Å²) in [6.07, 6.45) is 3.17. The molecule has 86 valence electrons. The molecular weight excluding hydrogens is 194 g/mol. The van der Waals surface area contributed by atoms with Crippen molar-refractivity contribution in [2.45, 2.75) is 33.1 Å². The van der Waals surface area contributed by atoms with Gasteiger partial charge < -0.3 is 10.4 Å². The Morgan fingerprint density at radius 1 is 1.47 bits per heavy atom. The summed E-state index contributed by atoms with van der Waals surface area (Å²) in [7, 11) is 0. The molecule has 0 fully saturated rings. The minimum Gasteiger partial charge on any atom is -0.481 e. The first-order valence-corrected chi connectivity index (χ1v) is 5.01. The zero-order valence-corrected chi connectivity index (χ0v) is 9.38. The molecule has 0 aliphatic carbocycles. The van der Waals surface area contributed by atoms with E-state index in [1.54, 1.807) is 19.9 Å². The number of carbonyl (C=O) groups is 2. The molecular formula is C11H19NO3. The van der Waals surface area contributed by atoms with Crippen LogP contribution in [0, 0.1) is 5.41 Å². The quantitative estimate of drug-likeness (QED) is 0.631. The zero-order chi connectivity index (χ0) is 11.9. The average Bonchev–Trinajstić information content (AvgIpc) is 2.14. The van der Waals surface area contributed by atoms with E-state index in [0.29, 0.717) is 25.8 Å². The number of amides is 1. The number of carbonyl (C=O) groups excluding carboxylic acids is 1. The van der Waals surface area contributed by atoms with Crippen molar-refractivity contribution in [3.05, 3.63) is 12.7 Å². The Kier molecular flexibility index (Phi) is 5.67. The van der Waals surface area contributed by atoms with Gasteiger partial charge in [-0.3, -0.25) is 9.59 Å². The molecule has 0 bridgehead atoms. The first-order chi connectivity index (χ1) is 6.90. The number of carboxylic acid groups (broad SMARTS) is 1. The highest BCUT2D eigenvalue weighted by molar-refractivity contribution is 5.76. The van der Waals surface area contributed by atoms with Crippen molar-refractivity contribution in [1.29, 1.82) is 0 Å². The fraction of sp³-hybridized carbons (Fsp3) is 0.636. The van der Waals surface area contributed by atoms with Gasteiger partial charge in [-0.2, -0.15) is 0 Å². The van der Waals surface area contributed by atoms with Crippen LogP contribution in [0.3, 0.4) is 0 Å². The number of allylic oxidation sites excluding steroid dienone is 1. The topological polar surface area (TPSA) is 66.4 Å². The van der Waals surface area contributed by atoms with Crippen molar-refractivity contribution in [3.63, 3.8) is 0 Å². The summed E-state index contributed by atoms with van der Waals surface area (Å²) in [5, 5.41) is 11.5. The van der Waals surface area contributed by atoms with E-state index < -0.39 is 11.4 Å². The summed E-state index contributed by atoms with van der Waals surface area (Å²) < 4.78 is 0. The molecule has 0 aromatic rings. The van der Waals surface area contributed by atoms with E-state index in [1.165, 1.54) is 0 Å². The molecule has 0 unspecified atom stereocenters. The summed E-state index contributed by atoms with van der Waals surface area (Å²) in [5.41, 5.74) is -0.786. The van der Waals surface area contributed by atoms with Gasteiger partial charge in [0.25, 0.3) is 0 Å². The normalized spacial score (nSPS) is 10.8. The zero-order valence-electron chi connectivity index (χ0n) is 9.38. The molecule has 0 aromatic heterocycles. The fourth-order valence-corrected chi connectivity index (χ4v) is 0.943. The smallest absolute Gasteiger partial charge is 0.309 e. The monoisotopic (exact) mass is 213 g/mol. The van der Waals surface area contributed by atoms with Crippen LogP contribution in [0.4, 0.5) is 0 Å². The van der Waals surface area contributed by atoms with E-state index in [-0.39, 0.29) is 5.91 Å². The highest BCUT2D eigenvalue weighted by atomic mass is 16.4. The maximum absolute atomic E-state index is 11.2. The SMILES string of the molecule is C=CCCC(=O)NCCC(C)(C)C(=O)O. The highest BCUT2D eigenvalue weighted by Gasteiger charge is 2.26. The third-order valence-corrected chi connectivity index (χ3v) is 2.23. The van der Waals surface area contributed by atoms with Crippen LogP contribution >= 0.6 is 0 Å². The van der Waals surface area contributed by atoms with E-state index in [4.69, 9.17) is 5.11 Å². The molecule has 0 rings (SSSR count). The number of hydrogen-bond donors (Lipinski definition) is 2. The average molecular weight is 213 g/mol. The standard InChI is InChI=1S/C11H19NO3/c1-4-5-6-9(13)12-8-7-11(2,3)10(14)15/h4H,1,5-8H2,2-3H3,(H,12,13)(H,14,15). The molecule has 4 nitrogen and oxygen atoms in total. The minimum atomic E-state index is -0.845. The van der Waals surface area contributed by atoms with Crippen LogP contribution < -0.4 is 5.32 Å². The summed E-state index contributed by atoms with van der Waals surface area (Å²) in [5.74, 6) is -0.904. The molecule has 4 heteroatoms. The second-order valence-corrected chi connectivity index (χ2v) is 4.12. The Balaban J connectivity index is 3.74. The second-order valence-electron chi connectivity index (χ2n) is 4.12. The van der Waals surface area contributed by atoms with Crippen LogP contribution in [0.2, 0.25) is 0 Å². The first kappa shape index (κ1) is 13.7. The van der Waals surface area contributed by atoms with Crippen molar-refractivity contribution < 1.29 is 14.7 Å². The lowest BCUT2D eigenvalue weighted by Gasteiger charge is -2.18. The molecule has 0 aliphatic rings. The van der Waals surface area contributed by atoms with Gasteiger partial charge >= 0.3 is 5.97 Å². The van der Waals surface area contributed by atoms with Crippen molar-refractivity contribution >= 4 is 11.9 Å². The summed E-state index contributed by atoms with van der Waals surface area (Å²) >= 11 is 0. The van der Waals surface area contributed by atoms with Gasteiger partial charge in [-0.25, -0.2) is 0 Å². The van der Waals surface area contributed by atoms with E-state index in [9.17, 15) is 9.59 Å². The molecule has 0 atom stereocenters. The first-order valence-electron chi connectivity index (χ1n) is 5.01. The van der Waals surface area contributed by atoms with Gasteiger partial charge in [0.15, 0.2) is 0 Å². The van der Waals surface area contributed by atoms with Crippen LogP contribution in [0.5, 0.6) is 0 Å². The Labute approximate surface area is 90.4 Å². The second kappa shape index (κ2) is 6.22. The van der Waals surface area contributed by atoms with Crippen molar-refractivity contribution in [3.8, 4) is 0 Å². The third kappa shape index (κ3) is 5.88. The lowest BCUT2D eigenvalue weighted by molar-refractivity contribution is -0.147. The minimum absolute atomic E-state index is 0.0592. The maximum atomic E-state index is 11.2. The molecule has 0 heterocycles. The molecule has 0 aromatic carbocycles. The predicted octanol–water partition coefficient (Wildman–Crippen LogP) is 1.57. The maximum Gasteiger partial charge on any atom is 0.309 e. The number of aliphatic carboxylic acids is 1. The van der Waals surface area contributed by atoms with E-state index in [1.807, 2.05) is 0 Å². The number of carboxylic acids is 1. The van der Waals surface area contributed by atoms with E-state index >= 15 is 0 Å². The lowest BCUT2D eigenvalue weighted by atomic mass is 9.90. The molecule has 0 aliphatic heterocycles. The van der Waals surface area contributed by atoms with Crippen LogP contribution in [0.25, 0.3) is 0 Å². The largest absolute Gasteiger partial charge is 0.481 e. The van der Waals surface area contributed by atoms with Crippen molar-refractivity contribution in [1.82, 2.24) is 5.32 Å². The van der Waals surface area contributed by atoms with Crippen molar-refractivity contribution in [2.24, 2.45) is 5.41 Å². The number of nitrogens with one attached hydrogen (secondary N) is 1. The van der Waals surface area contributed by atoms with Gasteiger partial charge in [-0.15, -0.1) is 6.58 Å². The van der Waals surface area contributed by atoms with Gasteiger partial charge in [0.1, 0.15) is 0 Å². The van der Waals surface area contributed by atoms with Gasteiger partial charge in [-0.05, 0) is 26.7 Å². The Hall–Kier alpha value is -1.32. The highest BCUT2D eigenvalue weighted by Crippen LogP contribution is 2.19. The van der Waals surface area contributed by atoms with E-state index in [0.717, 1.165) is 0 Å². The Morgan fingerprint density at radius 2 is 2.07 bits per heavy atom. The lowest BCUT2D eigenvalue weighted by Crippen LogP contribution is -2.31. The molecule has 0 spiro atoms. The van der Waals surface area contributed by atoms with Gasteiger partial charge in [0, 0.05) is 13.0 Å². The predicted molar refractivity (Wildman–Crippen MR) is 58.5 cm³/mol. The summed E-state index contributed by atoms with van der Waals surface area (Å²) in [6.45, 7) is 7.20. The van der Waals surface area contributed by atoms with Gasteiger partial charge in [0.2, 0.25) is 5.91 Å². The Bertz CT molecular complexity index is 246. The molecule has 1 amide bonds. The number of hydrogen-bond acceptors (Lipinski definition) is 2. The molecule has 15 heavy (non-hydrogen) atoms. The van der Waals surface area contributed by atoms with Crippen LogP contribution in [0.1, 0.15) is 33.1 Å². The summed E-state index contributed by atoms with van der Waals surface area (Å²) in [6, 6.07) is 0. The Morgan fingerprint density at radius 3 is 2.53 bits per heavy atom. The van der Waals surface area contributed by atoms with Crippen LogP contribution in [-0.2, 0) is 9.59 Å². The van der Waals surface area contributed by atoms with Crippen LogP contribution in [-0.4, -0.2) is 23.5 Å². The molecule has 0 saturated heterocycles. The summed E-state index contributed by atoms with van der Waals surface area (Å²) in [4.78, 5) is 21.9. The van der Waals surface area contributed by atoms with Gasteiger partial charge in [0.05, 0.1) is 5.41 Å². The third-order valence-electron chi connectivity index (χ3n) is 2.23. The number of rotatable bonds is 7. The van der Waals surface area contributed by atoms with Gasteiger partial charge in [-0.1, -0.05) is 6.08 Å². The molecule has 0 radical (unpaired) electrons.